The minimum atomic E-state index is -0.677. The standard InChI is InChI=1S/C20H17Cl2N5O2/c1-11-10-16(28)27-18(12-6-3-4-9-15(12)29-2)25-19(26-20(27)23-11)24-14-8-5-7-13(21)17(14)22/h3-10,18H,1-2H3,(H2,23,24,25,26)/t18-/m0/s1. The predicted molar refractivity (Wildman–Crippen MR) is 116 cm³/mol. The Balaban J connectivity index is 1.85. The zero-order valence-corrected chi connectivity index (χ0v) is 17.1. The predicted octanol–water partition coefficient (Wildman–Crippen LogP) is 4.31. The van der Waals surface area contributed by atoms with Crippen molar-refractivity contribution < 1.29 is 4.74 Å². The van der Waals surface area contributed by atoms with E-state index in [2.05, 4.69) is 15.6 Å². The Morgan fingerprint density at radius 2 is 1.97 bits per heavy atom. The van der Waals surface area contributed by atoms with Crippen molar-refractivity contribution in [2.45, 2.75) is 13.1 Å². The fourth-order valence-electron chi connectivity index (χ4n) is 3.13. The van der Waals surface area contributed by atoms with Crippen LogP contribution in [-0.2, 0) is 0 Å². The Morgan fingerprint density at radius 3 is 2.76 bits per heavy atom. The number of aryl methyl sites for hydroxylation is 1. The number of anilines is 2. The third-order valence-corrected chi connectivity index (χ3v) is 5.25. The van der Waals surface area contributed by atoms with Gasteiger partial charge in [-0.3, -0.25) is 14.7 Å². The second-order valence-electron chi connectivity index (χ2n) is 6.37. The number of rotatable bonds is 3. The van der Waals surface area contributed by atoms with E-state index in [1.165, 1.54) is 10.6 Å². The maximum atomic E-state index is 12.7. The number of hydrogen-bond donors (Lipinski definition) is 2. The third-order valence-electron chi connectivity index (χ3n) is 4.43. The second kappa shape index (κ2) is 7.77. The third kappa shape index (κ3) is 3.66. The molecule has 2 heterocycles. The van der Waals surface area contributed by atoms with Gasteiger partial charge in [0.05, 0.1) is 22.8 Å². The van der Waals surface area contributed by atoms with Gasteiger partial charge in [0.1, 0.15) is 5.75 Å². The summed E-state index contributed by atoms with van der Waals surface area (Å²) in [6, 6.07) is 14.1. The molecule has 29 heavy (non-hydrogen) atoms. The lowest BCUT2D eigenvalue weighted by atomic mass is 10.1. The first kappa shape index (κ1) is 19.3. The Morgan fingerprint density at radius 1 is 1.17 bits per heavy atom. The average molecular weight is 430 g/mol. The zero-order chi connectivity index (χ0) is 20.5. The molecular formula is C20H17Cl2N5O2. The summed E-state index contributed by atoms with van der Waals surface area (Å²) in [6.07, 6.45) is -0.677. The van der Waals surface area contributed by atoms with E-state index in [9.17, 15) is 4.79 Å². The van der Waals surface area contributed by atoms with Crippen molar-refractivity contribution in [3.8, 4) is 5.75 Å². The van der Waals surface area contributed by atoms with E-state index in [1.807, 2.05) is 24.3 Å². The Bertz CT molecular complexity index is 1180. The van der Waals surface area contributed by atoms with Gasteiger partial charge in [-0.25, -0.2) is 9.98 Å². The Kier molecular flexibility index (Phi) is 5.17. The summed E-state index contributed by atoms with van der Waals surface area (Å²) in [7, 11) is 1.58. The van der Waals surface area contributed by atoms with Gasteiger partial charge < -0.3 is 10.1 Å². The molecule has 3 aromatic rings. The maximum Gasteiger partial charge on any atom is 0.257 e. The fraction of sp³-hybridized carbons (Fsp3) is 0.150. The van der Waals surface area contributed by atoms with Crippen molar-refractivity contribution in [1.82, 2.24) is 9.55 Å². The van der Waals surface area contributed by atoms with Gasteiger partial charge in [0.15, 0.2) is 6.17 Å². The number of guanidine groups is 1. The molecule has 0 saturated heterocycles. The summed E-state index contributed by atoms with van der Waals surface area (Å²) in [5.74, 6) is 1.35. The lowest BCUT2D eigenvalue weighted by Gasteiger charge is -2.28. The van der Waals surface area contributed by atoms with Crippen LogP contribution in [-0.4, -0.2) is 22.6 Å². The van der Waals surface area contributed by atoms with Crippen molar-refractivity contribution >= 4 is 40.8 Å². The SMILES string of the molecule is COc1ccccc1[C@H]1N=C(Nc2cccc(Cl)c2Cl)Nc2nc(C)cc(=O)n21. The van der Waals surface area contributed by atoms with Crippen LogP contribution in [0.4, 0.5) is 11.6 Å². The highest BCUT2D eigenvalue weighted by Gasteiger charge is 2.27. The van der Waals surface area contributed by atoms with Crippen LogP contribution in [0.3, 0.4) is 0 Å². The lowest BCUT2D eigenvalue weighted by molar-refractivity contribution is 0.401. The number of benzene rings is 2. The molecule has 9 heteroatoms. The zero-order valence-electron chi connectivity index (χ0n) is 15.6. The van der Waals surface area contributed by atoms with E-state index in [1.54, 1.807) is 32.2 Å². The molecule has 1 aromatic heterocycles. The molecule has 1 atom stereocenters. The van der Waals surface area contributed by atoms with E-state index in [4.69, 9.17) is 32.9 Å². The summed E-state index contributed by atoms with van der Waals surface area (Å²) in [5.41, 5.74) is 1.67. The van der Waals surface area contributed by atoms with E-state index in [-0.39, 0.29) is 5.56 Å². The van der Waals surface area contributed by atoms with Crippen LogP contribution in [0.2, 0.25) is 10.0 Å². The van der Waals surface area contributed by atoms with Crippen LogP contribution in [0.15, 0.2) is 58.3 Å². The Labute approximate surface area is 177 Å². The second-order valence-corrected chi connectivity index (χ2v) is 7.16. The minimum Gasteiger partial charge on any atom is -0.496 e. The normalized spacial score (nSPS) is 15.2. The first-order chi connectivity index (χ1) is 14.0. The van der Waals surface area contributed by atoms with Gasteiger partial charge in [-0.2, -0.15) is 0 Å². The van der Waals surface area contributed by atoms with E-state index >= 15 is 0 Å². The first-order valence-corrected chi connectivity index (χ1v) is 9.52. The molecule has 0 amide bonds. The number of nitrogens with zero attached hydrogens (tertiary/aromatic N) is 3. The van der Waals surface area contributed by atoms with Crippen molar-refractivity contribution in [3.63, 3.8) is 0 Å². The molecule has 148 valence electrons. The van der Waals surface area contributed by atoms with Gasteiger partial charge >= 0.3 is 0 Å². The molecule has 2 aromatic carbocycles. The summed E-state index contributed by atoms with van der Waals surface area (Å²) < 4.78 is 6.96. The van der Waals surface area contributed by atoms with Crippen LogP contribution in [0.1, 0.15) is 17.4 Å². The fourth-order valence-corrected chi connectivity index (χ4v) is 3.48. The number of aromatic nitrogens is 2. The molecule has 0 spiro atoms. The molecule has 1 aliphatic rings. The van der Waals surface area contributed by atoms with Crippen LogP contribution in [0.5, 0.6) is 5.75 Å². The molecule has 0 unspecified atom stereocenters. The summed E-state index contributed by atoms with van der Waals surface area (Å²) in [6.45, 7) is 1.76. The largest absolute Gasteiger partial charge is 0.496 e. The van der Waals surface area contributed by atoms with Gasteiger partial charge in [0.2, 0.25) is 11.9 Å². The molecule has 0 aliphatic carbocycles. The van der Waals surface area contributed by atoms with Gasteiger partial charge in [-0.05, 0) is 25.1 Å². The average Bonchev–Trinajstić information content (AvgIpc) is 2.70. The van der Waals surface area contributed by atoms with E-state index in [0.29, 0.717) is 39.1 Å². The van der Waals surface area contributed by atoms with Crippen molar-refractivity contribution in [3.05, 3.63) is 80.2 Å². The summed E-state index contributed by atoms with van der Waals surface area (Å²) in [4.78, 5) is 21.9. The van der Waals surface area contributed by atoms with Crippen molar-refractivity contribution in [1.29, 1.82) is 0 Å². The number of methoxy groups -OCH3 is 1. The smallest absolute Gasteiger partial charge is 0.257 e. The lowest BCUT2D eigenvalue weighted by Crippen LogP contribution is -2.37. The number of halogens is 2. The number of ether oxygens (including phenoxy) is 1. The topological polar surface area (TPSA) is 80.5 Å². The van der Waals surface area contributed by atoms with Gasteiger partial charge in [0, 0.05) is 17.3 Å². The Hall–Kier alpha value is -3.03. The van der Waals surface area contributed by atoms with E-state index < -0.39 is 6.17 Å². The number of nitrogens with one attached hydrogen (secondary N) is 2. The molecule has 1 aliphatic heterocycles. The van der Waals surface area contributed by atoms with Gasteiger partial charge in [-0.1, -0.05) is 47.5 Å². The summed E-state index contributed by atoms with van der Waals surface area (Å²) in [5, 5.41) is 6.98. The van der Waals surface area contributed by atoms with Crippen LogP contribution in [0.25, 0.3) is 0 Å². The molecule has 0 saturated carbocycles. The molecular weight excluding hydrogens is 413 g/mol. The van der Waals surface area contributed by atoms with Gasteiger partial charge in [-0.15, -0.1) is 0 Å². The number of aliphatic imine (C=N–C) groups is 1. The molecule has 0 fully saturated rings. The monoisotopic (exact) mass is 429 g/mol. The van der Waals surface area contributed by atoms with Crippen molar-refractivity contribution in [2.75, 3.05) is 17.7 Å². The van der Waals surface area contributed by atoms with Crippen LogP contribution in [0, 0.1) is 6.92 Å². The minimum absolute atomic E-state index is 0.223. The summed E-state index contributed by atoms with van der Waals surface area (Å²) >= 11 is 12.4. The molecule has 2 N–H and O–H groups in total. The van der Waals surface area contributed by atoms with Crippen LogP contribution < -0.4 is 20.9 Å². The van der Waals surface area contributed by atoms with Crippen LogP contribution >= 0.6 is 23.2 Å². The highest BCUT2D eigenvalue weighted by molar-refractivity contribution is 6.44. The van der Waals surface area contributed by atoms with E-state index in [0.717, 1.165) is 5.56 Å². The first-order valence-electron chi connectivity index (χ1n) is 8.77. The number of para-hydroxylation sites is 1. The van der Waals surface area contributed by atoms with Crippen molar-refractivity contribution in [2.24, 2.45) is 4.99 Å². The number of fused-ring (bicyclic) bond motifs is 1. The molecule has 0 radical (unpaired) electrons. The highest BCUT2D eigenvalue weighted by Crippen LogP contribution is 2.33. The maximum absolute atomic E-state index is 12.7. The highest BCUT2D eigenvalue weighted by atomic mass is 35.5. The molecule has 4 rings (SSSR count). The molecule has 7 nitrogen and oxygen atoms in total. The quantitative estimate of drug-likeness (QED) is 0.648. The number of hydrogen-bond acceptors (Lipinski definition) is 6. The molecule has 0 bridgehead atoms. The van der Waals surface area contributed by atoms with Gasteiger partial charge in [0.25, 0.3) is 5.56 Å².